The van der Waals surface area contributed by atoms with Gasteiger partial charge in [-0.15, -0.1) is 0 Å². The van der Waals surface area contributed by atoms with Crippen molar-refractivity contribution >= 4 is 11.6 Å². The summed E-state index contributed by atoms with van der Waals surface area (Å²) in [6, 6.07) is 50.4. The first kappa shape index (κ1) is 46.3. The molecule has 1 aliphatic heterocycles. The van der Waals surface area contributed by atoms with E-state index >= 15 is 0 Å². The van der Waals surface area contributed by atoms with Crippen LogP contribution in [0, 0.1) is 0 Å². The molecule has 64 heavy (non-hydrogen) atoms. The molecule has 0 amide bonds. The topological polar surface area (TPSA) is 73.8 Å². The lowest BCUT2D eigenvalue weighted by Crippen LogP contribution is -2.58. The van der Waals surface area contributed by atoms with E-state index in [2.05, 4.69) is 13.2 Å². The zero-order valence-electron chi connectivity index (χ0n) is 36.4. The Labute approximate surface area is 382 Å². The van der Waals surface area contributed by atoms with Gasteiger partial charge in [-0.3, -0.25) is 0 Å². The van der Waals surface area contributed by atoms with E-state index in [1.807, 2.05) is 159 Å². The average molecular weight is 882 g/mol. The molecule has 1 aliphatic rings. The van der Waals surface area contributed by atoms with Gasteiger partial charge in [-0.25, -0.2) is 0 Å². The van der Waals surface area contributed by atoms with E-state index in [4.69, 9.17) is 49.5 Å². The van der Waals surface area contributed by atoms with Crippen LogP contribution in [-0.4, -0.2) is 50.8 Å². The minimum absolute atomic E-state index is 0.175. The third-order valence-electron chi connectivity index (χ3n) is 10.8. The van der Waals surface area contributed by atoms with Gasteiger partial charge in [-0.2, -0.15) is 0 Å². The molecule has 5 atom stereocenters. The number of rotatable bonds is 24. The lowest BCUT2D eigenvalue weighted by molar-refractivity contribution is -0.275. The summed E-state index contributed by atoms with van der Waals surface area (Å²) in [5.41, 5.74) is 6.55. The molecule has 6 aromatic carbocycles. The Bertz CT molecular complexity index is 2310. The summed E-state index contributed by atoms with van der Waals surface area (Å²) >= 11 is 7.35. The molecular weight excluding hydrogens is 824 g/mol. The van der Waals surface area contributed by atoms with Gasteiger partial charge >= 0.3 is 0 Å². The second-order valence-corrected chi connectivity index (χ2v) is 15.8. The van der Waals surface area contributed by atoms with Gasteiger partial charge in [-0.05, 0) is 64.9 Å². The average Bonchev–Trinajstić information content (AvgIpc) is 3.34. The van der Waals surface area contributed by atoms with Crippen molar-refractivity contribution in [2.45, 2.75) is 70.3 Å². The third-order valence-corrected chi connectivity index (χ3v) is 11.2. The highest BCUT2D eigenvalue weighted by molar-refractivity contribution is 6.33. The zero-order valence-corrected chi connectivity index (χ0v) is 37.2. The Balaban J connectivity index is 1.37. The van der Waals surface area contributed by atoms with Crippen molar-refractivity contribution < 1.29 is 37.9 Å². The van der Waals surface area contributed by atoms with Crippen LogP contribution in [0.25, 0.3) is 0 Å². The van der Waals surface area contributed by atoms with Crippen LogP contribution in [0.1, 0.15) is 52.0 Å². The van der Waals surface area contributed by atoms with Crippen molar-refractivity contribution in [3.05, 3.63) is 221 Å². The first-order valence-corrected chi connectivity index (χ1v) is 22.2. The highest BCUT2D eigenvalue weighted by atomic mass is 35.5. The summed E-state index contributed by atoms with van der Waals surface area (Å²) in [5, 5.41) is 0.416. The SMILES string of the molecule is C=CCOc1c([C@@H]2O[C@H](COCc3ccccc3)[C@@H](OCc3ccccc3)[C@H](OCc3ccccc3)[C@H]2OCc2ccccc2)cc(Cc2ccc(OCC)cc2)c(Cl)c1OCC=C. The quantitative estimate of drug-likeness (QED) is 0.0557. The molecule has 0 unspecified atom stereocenters. The van der Waals surface area contributed by atoms with Crippen LogP contribution in [0.4, 0.5) is 0 Å². The van der Waals surface area contributed by atoms with Crippen molar-refractivity contribution in [2.75, 3.05) is 26.4 Å². The van der Waals surface area contributed by atoms with Crippen molar-refractivity contribution in [2.24, 2.45) is 0 Å². The van der Waals surface area contributed by atoms with Crippen LogP contribution < -0.4 is 14.2 Å². The summed E-state index contributed by atoms with van der Waals surface area (Å²) in [6.45, 7) is 12.2. The molecule has 0 N–H and O–H groups in total. The number of hydrogen-bond acceptors (Lipinski definition) is 8. The van der Waals surface area contributed by atoms with Gasteiger partial charge in [0, 0.05) is 5.56 Å². The molecule has 0 aliphatic carbocycles. The minimum Gasteiger partial charge on any atom is -0.494 e. The lowest BCUT2D eigenvalue weighted by Gasteiger charge is -2.47. The van der Waals surface area contributed by atoms with Crippen molar-refractivity contribution in [1.29, 1.82) is 0 Å². The molecule has 1 saturated heterocycles. The predicted octanol–water partition coefficient (Wildman–Crippen LogP) is 11.9. The van der Waals surface area contributed by atoms with E-state index in [-0.39, 0.29) is 26.4 Å². The maximum atomic E-state index is 7.37. The number of hydrogen-bond donors (Lipinski definition) is 0. The predicted molar refractivity (Wildman–Crippen MR) is 252 cm³/mol. The highest BCUT2D eigenvalue weighted by Crippen LogP contribution is 2.49. The first-order chi connectivity index (χ1) is 31.5. The Kier molecular flexibility index (Phi) is 17.6. The molecule has 0 aromatic heterocycles. The molecule has 8 nitrogen and oxygen atoms in total. The molecule has 9 heteroatoms. The normalized spacial score (nSPS) is 18.2. The maximum Gasteiger partial charge on any atom is 0.180 e. The monoisotopic (exact) mass is 880 g/mol. The number of benzene rings is 6. The fourth-order valence-corrected chi connectivity index (χ4v) is 7.99. The van der Waals surface area contributed by atoms with Gasteiger partial charge in [0.05, 0.1) is 44.7 Å². The number of ether oxygens (including phenoxy) is 8. The van der Waals surface area contributed by atoms with Crippen LogP contribution in [0.15, 0.2) is 177 Å². The zero-order chi connectivity index (χ0) is 44.4. The fourth-order valence-electron chi connectivity index (χ4n) is 7.73. The van der Waals surface area contributed by atoms with Crippen molar-refractivity contribution in [1.82, 2.24) is 0 Å². The number of halogens is 1. The summed E-state index contributed by atoms with van der Waals surface area (Å²) < 4.78 is 53.7. The van der Waals surface area contributed by atoms with E-state index in [1.165, 1.54) is 0 Å². The Hall–Kier alpha value is -5.71. The molecule has 6 aromatic rings. The van der Waals surface area contributed by atoms with E-state index in [9.17, 15) is 0 Å². The van der Waals surface area contributed by atoms with E-state index in [0.29, 0.717) is 54.9 Å². The van der Waals surface area contributed by atoms with Gasteiger partial charge in [0.15, 0.2) is 11.5 Å². The highest BCUT2D eigenvalue weighted by Gasteiger charge is 2.50. The van der Waals surface area contributed by atoms with Crippen molar-refractivity contribution in [3.8, 4) is 17.2 Å². The summed E-state index contributed by atoms with van der Waals surface area (Å²) in [6.07, 6.45) is 0.359. The second-order valence-electron chi connectivity index (χ2n) is 15.4. The van der Waals surface area contributed by atoms with E-state index in [0.717, 1.165) is 39.1 Å². The molecule has 0 radical (unpaired) electrons. The molecule has 7 rings (SSSR count). The third kappa shape index (κ3) is 12.7. The summed E-state index contributed by atoms with van der Waals surface area (Å²) in [7, 11) is 0. The standard InChI is InChI=1S/C55H57ClO8/c1-4-31-59-50-47(34-45(49(56)53(50)60-32-5-2)33-40-27-29-46(30-28-40)58-6-3)51-54(62-37-43-23-15-9-16-24-43)55(63-38-44-25-17-10-18-26-44)52(61-36-42-21-13-8-14-22-42)48(64-51)39-57-35-41-19-11-7-12-20-41/h4-5,7-30,34,48,51-52,54-55H,1-2,6,31-33,35-39H2,3H3/t48-,51+,52-,54+,55+/m1/s1. The Morgan fingerprint density at radius 1 is 0.547 bits per heavy atom. The Morgan fingerprint density at radius 2 is 1.03 bits per heavy atom. The van der Waals surface area contributed by atoms with Gasteiger partial charge < -0.3 is 37.9 Å². The Morgan fingerprint density at radius 3 is 1.55 bits per heavy atom. The van der Waals surface area contributed by atoms with Crippen LogP contribution >= 0.6 is 11.6 Å². The van der Waals surface area contributed by atoms with Crippen LogP contribution in [0.3, 0.4) is 0 Å². The van der Waals surface area contributed by atoms with E-state index in [1.54, 1.807) is 12.2 Å². The van der Waals surface area contributed by atoms with Gasteiger partial charge in [-0.1, -0.05) is 170 Å². The van der Waals surface area contributed by atoms with Crippen molar-refractivity contribution in [3.63, 3.8) is 0 Å². The van der Waals surface area contributed by atoms with E-state index < -0.39 is 30.5 Å². The van der Waals surface area contributed by atoms with Gasteiger partial charge in [0.1, 0.15) is 49.5 Å². The molecule has 1 fully saturated rings. The summed E-state index contributed by atoms with van der Waals surface area (Å²) in [4.78, 5) is 0. The molecule has 0 bridgehead atoms. The molecular formula is C55H57ClO8. The maximum absolute atomic E-state index is 7.37. The van der Waals surface area contributed by atoms with Crippen LogP contribution in [0.2, 0.25) is 5.02 Å². The smallest absolute Gasteiger partial charge is 0.180 e. The fraction of sp³-hybridized carbons (Fsp3) is 0.273. The molecule has 0 spiro atoms. The van der Waals surface area contributed by atoms with Gasteiger partial charge in [0.2, 0.25) is 0 Å². The minimum atomic E-state index is -0.798. The van der Waals surface area contributed by atoms with Gasteiger partial charge in [0.25, 0.3) is 0 Å². The lowest BCUT2D eigenvalue weighted by atomic mass is 9.88. The second kappa shape index (κ2) is 24.4. The molecule has 332 valence electrons. The summed E-state index contributed by atoms with van der Waals surface area (Å²) in [5.74, 6) is 1.57. The molecule has 1 heterocycles. The first-order valence-electron chi connectivity index (χ1n) is 21.8. The van der Waals surface area contributed by atoms with Crippen LogP contribution in [0.5, 0.6) is 17.2 Å². The largest absolute Gasteiger partial charge is 0.494 e. The van der Waals surface area contributed by atoms with Crippen LogP contribution in [-0.2, 0) is 56.5 Å². The molecule has 0 saturated carbocycles.